The highest BCUT2D eigenvalue weighted by Gasteiger charge is 2.41. The van der Waals surface area contributed by atoms with Gasteiger partial charge in [-0.2, -0.15) is 8.78 Å². The number of rotatable bonds is 11. The molecule has 5 aromatic carbocycles. The van der Waals surface area contributed by atoms with Crippen LogP contribution in [0.2, 0.25) is 0 Å². The van der Waals surface area contributed by atoms with Gasteiger partial charge in [-0.3, -0.25) is 0 Å². The van der Waals surface area contributed by atoms with Crippen molar-refractivity contribution in [3.05, 3.63) is 131 Å². The zero-order valence-electron chi connectivity index (χ0n) is 25.6. The number of hydrogen-bond acceptors (Lipinski definition) is 2. The van der Waals surface area contributed by atoms with Crippen molar-refractivity contribution in [1.82, 2.24) is 0 Å². The van der Waals surface area contributed by atoms with E-state index in [1.807, 2.05) is 24.3 Å². The van der Waals surface area contributed by atoms with Crippen molar-refractivity contribution >= 4 is 0 Å². The van der Waals surface area contributed by atoms with Crippen molar-refractivity contribution in [1.29, 1.82) is 0 Å². The fourth-order valence-corrected chi connectivity index (χ4v) is 5.23. The Labute approximate surface area is 274 Å². The van der Waals surface area contributed by atoms with Gasteiger partial charge in [-0.25, -0.2) is 22.0 Å². The van der Waals surface area contributed by atoms with Crippen LogP contribution in [0.25, 0.3) is 33.4 Å². The van der Waals surface area contributed by atoms with E-state index in [0.29, 0.717) is 29.8 Å². The average molecular weight is 693 g/mol. The minimum atomic E-state index is -5.35. The highest BCUT2D eigenvalue weighted by molar-refractivity contribution is 5.72. The smallest absolute Gasteiger partial charge is 0.429 e. The van der Waals surface area contributed by atoms with Crippen LogP contribution < -0.4 is 9.47 Å². The van der Waals surface area contributed by atoms with Gasteiger partial charge in [0, 0.05) is 5.56 Å². The quantitative estimate of drug-likeness (QED) is 0.101. The molecule has 0 aliphatic heterocycles. The second-order valence-electron chi connectivity index (χ2n) is 11.1. The van der Waals surface area contributed by atoms with E-state index in [9.17, 15) is 22.0 Å². The Bertz CT molecular complexity index is 1890. The highest BCUT2D eigenvalue weighted by atomic mass is 19.4. The van der Waals surface area contributed by atoms with E-state index < -0.39 is 58.6 Å². The summed E-state index contributed by atoms with van der Waals surface area (Å²) in [6.07, 6.45) is -5.75. The second kappa shape index (κ2) is 14.2. The van der Waals surface area contributed by atoms with E-state index in [4.69, 9.17) is 0 Å². The summed E-state index contributed by atoms with van der Waals surface area (Å²) in [4.78, 5) is 0. The van der Waals surface area contributed by atoms with Gasteiger partial charge in [0.25, 0.3) is 0 Å². The molecule has 0 atom stereocenters. The van der Waals surface area contributed by atoms with Crippen LogP contribution in [-0.4, -0.2) is 6.36 Å². The summed E-state index contributed by atoms with van der Waals surface area (Å²) in [5.41, 5.74) is -0.245. The van der Waals surface area contributed by atoms with Crippen LogP contribution in [0.5, 0.6) is 11.5 Å². The molecule has 2 nitrogen and oxygen atoms in total. The van der Waals surface area contributed by atoms with E-state index in [1.165, 1.54) is 12.1 Å². The molecule has 0 aliphatic carbocycles. The molecule has 0 fully saturated rings. The Hall–Kier alpha value is -5.00. The number of ether oxygens (including phenoxy) is 2. The Morgan fingerprint density at radius 3 is 1.57 bits per heavy atom. The molecule has 0 amide bonds. The fourth-order valence-electron chi connectivity index (χ4n) is 5.23. The maximum absolute atomic E-state index is 15.2. The Kier molecular flexibility index (Phi) is 10.3. The molecule has 0 N–H and O–H groups in total. The van der Waals surface area contributed by atoms with Gasteiger partial charge in [0.1, 0.15) is 28.8 Å². The predicted molar refractivity (Wildman–Crippen MR) is 163 cm³/mol. The number of benzene rings is 5. The van der Waals surface area contributed by atoms with Gasteiger partial charge >= 0.3 is 12.5 Å². The lowest BCUT2D eigenvalue weighted by atomic mass is 9.97. The molecule has 0 spiro atoms. The molecule has 0 saturated carbocycles. The van der Waals surface area contributed by atoms with Crippen molar-refractivity contribution in [2.45, 2.75) is 45.1 Å². The largest absolute Gasteiger partial charge is 0.573 e. The molecule has 5 aromatic rings. The molecular weight excluding hydrogens is 666 g/mol. The Morgan fingerprint density at radius 2 is 1.02 bits per heavy atom. The molecule has 0 aliphatic rings. The molecular formula is C37H26F10O2. The average Bonchev–Trinajstić information content (AvgIpc) is 3.02. The first-order valence-corrected chi connectivity index (χ1v) is 15.0. The topological polar surface area (TPSA) is 18.5 Å². The van der Waals surface area contributed by atoms with Crippen molar-refractivity contribution in [3.63, 3.8) is 0 Å². The van der Waals surface area contributed by atoms with Crippen LogP contribution in [0.3, 0.4) is 0 Å². The van der Waals surface area contributed by atoms with Gasteiger partial charge in [0.2, 0.25) is 5.75 Å². The molecule has 12 heteroatoms. The van der Waals surface area contributed by atoms with Crippen LogP contribution in [0.4, 0.5) is 43.9 Å². The number of alkyl halides is 5. The van der Waals surface area contributed by atoms with Gasteiger partial charge in [-0.05, 0) is 88.7 Å². The first kappa shape index (κ1) is 35.3. The van der Waals surface area contributed by atoms with Gasteiger partial charge < -0.3 is 9.47 Å². The fraction of sp³-hybridized carbons (Fsp3) is 0.189. The number of aryl methyl sites for hydroxylation is 1. The normalized spacial score (nSPS) is 11.9. The van der Waals surface area contributed by atoms with Crippen LogP contribution in [-0.2, 0) is 12.5 Å². The summed E-state index contributed by atoms with van der Waals surface area (Å²) in [5.74, 6) is -9.91. The molecule has 0 aromatic heterocycles. The summed E-state index contributed by atoms with van der Waals surface area (Å²) >= 11 is 0. The van der Waals surface area contributed by atoms with Crippen molar-refractivity contribution in [2.75, 3.05) is 0 Å². The van der Waals surface area contributed by atoms with Crippen molar-refractivity contribution in [3.8, 4) is 44.9 Å². The zero-order chi connectivity index (χ0) is 35.5. The minimum absolute atomic E-state index is 0.0267. The second-order valence-corrected chi connectivity index (χ2v) is 11.1. The lowest BCUT2D eigenvalue weighted by molar-refractivity contribution is -0.276. The molecule has 256 valence electrons. The maximum atomic E-state index is 15.2. The first-order chi connectivity index (χ1) is 23.1. The van der Waals surface area contributed by atoms with Crippen LogP contribution in [0, 0.1) is 29.1 Å². The van der Waals surface area contributed by atoms with E-state index in [1.54, 1.807) is 6.07 Å². The minimum Gasteiger partial charge on any atom is -0.429 e. The number of halogens is 10. The van der Waals surface area contributed by atoms with Gasteiger partial charge in [0.05, 0.1) is 0 Å². The van der Waals surface area contributed by atoms with Crippen LogP contribution in [0.1, 0.15) is 37.3 Å². The summed E-state index contributed by atoms with van der Waals surface area (Å²) < 4.78 is 149. The molecule has 0 bridgehead atoms. The predicted octanol–water partition coefficient (Wildman–Crippen LogP) is 12.1. The van der Waals surface area contributed by atoms with E-state index in [0.717, 1.165) is 61.1 Å². The third-order valence-corrected chi connectivity index (χ3v) is 7.62. The van der Waals surface area contributed by atoms with Crippen LogP contribution >= 0.6 is 0 Å². The Balaban J connectivity index is 1.32. The summed E-state index contributed by atoms with van der Waals surface area (Å²) in [5, 5.41) is 0. The molecule has 5 rings (SSSR count). The molecule has 0 radical (unpaired) electrons. The lowest BCUT2D eigenvalue weighted by Gasteiger charge is -2.20. The third-order valence-electron chi connectivity index (χ3n) is 7.62. The number of unbranched alkanes of at least 4 members (excludes halogenated alkanes) is 2. The first-order valence-electron chi connectivity index (χ1n) is 15.0. The van der Waals surface area contributed by atoms with Crippen molar-refractivity contribution < 1.29 is 53.4 Å². The standard InChI is InChI=1S/C37H26F10O2/c1-2-3-4-5-21-6-8-22(9-7-21)24-12-15-28(29(38)16-24)26-19-30(39)34(31(40)20-26)36(43,44)48-27-13-10-23(11-14-27)25-17-32(41)35(33(42)18-25)49-37(45,46)47/h6-20H,2-5H2,1H3. The van der Waals surface area contributed by atoms with Crippen LogP contribution in [0.15, 0.2) is 91.0 Å². The summed E-state index contributed by atoms with van der Waals surface area (Å²) in [7, 11) is 0. The van der Waals surface area contributed by atoms with E-state index in [-0.39, 0.29) is 22.3 Å². The lowest BCUT2D eigenvalue weighted by Crippen LogP contribution is -2.25. The molecule has 49 heavy (non-hydrogen) atoms. The van der Waals surface area contributed by atoms with Gasteiger partial charge in [-0.1, -0.05) is 68.3 Å². The highest BCUT2D eigenvalue weighted by Crippen LogP contribution is 2.39. The summed E-state index contributed by atoms with van der Waals surface area (Å²) in [6, 6.07) is 17.6. The monoisotopic (exact) mass is 692 g/mol. The third kappa shape index (κ3) is 8.36. The zero-order valence-corrected chi connectivity index (χ0v) is 25.6. The Morgan fingerprint density at radius 1 is 0.510 bits per heavy atom. The molecule has 0 unspecified atom stereocenters. The van der Waals surface area contributed by atoms with Crippen molar-refractivity contribution in [2.24, 2.45) is 0 Å². The molecule has 0 saturated heterocycles. The molecule has 0 heterocycles. The SMILES string of the molecule is CCCCCc1ccc(-c2ccc(-c3cc(F)c(C(F)(F)Oc4ccc(-c5cc(F)c(OC(F)(F)F)c(F)c5)cc4)c(F)c3)c(F)c2)cc1. The van der Waals surface area contributed by atoms with E-state index >= 15 is 22.0 Å². The van der Waals surface area contributed by atoms with Gasteiger partial charge in [0.15, 0.2) is 11.6 Å². The maximum Gasteiger partial charge on any atom is 0.573 e. The summed E-state index contributed by atoms with van der Waals surface area (Å²) in [6.45, 7) is 2.11. The van der Waals surface area contributed by atoms with E-state index in [2.05, 4.69) is 16.4 Å². The number of hydrogen-bond donors (Lipinski definition) is 0. The van der Waals surface area contributed by atoms with Gasteiger partial charge in [-0.15, -0.1) is 13.2 Å².